The fraction of sp³-hybridized carbons (Fsp3) is 0.364. The van der Waals surface area contributed by atoms with E-state index in [4.69, 9.17) is 30.2 Å². The normalized spacial score (nSPS) is 20.0. The Bertz CT molecular complexity index is 1600. The molecule has 1 aliphatic carbocycles. The number of aryl methyl sites for hydroxylation is 1. The highest BCUT2D eigenvalue weighted by atomic mass is 35.5. The van der Waals surface area contributed by atoms with E-state index in [0.29, 0.717) is 24.9 Å². The highest BCUT2D eigenvalue weighted by Crippen LogP contribution is 2.55. The fourth-order valence-corrected chi connectivity index (χ4v) is 6.64. The summed E-state index contributed by atoms with van der Waals surface area (Å²) in [5.41, 5.74) is -1.27. The van der Waals surface area contributed by atoms with Crippen molar-refractivity contribution < 1.29 is 38.1 Å². The summed E-state index contributed by atoms with van der Waals surface area (Å²) in [6.07, 6.45) is 4.64. The van der Waals surface area contributed by atoms with E-state index >= 15 is 0 Å². The van der Waals surface area contributed by atoms with Gasteiger partial charge in [-0.25, -0.2) is 0 Å². The van der Waals surface area contributed by atoms with Crippen molar-refractivity contribution in [2.45, 2.75) is 49.0 Å². The van der Waals surface area contributed by atoms with Crippen LogP contribution in [0.1, 0.15) is 53.8 Å². The van der Waals surface area contributed by atoms with Crippen LogP contribution in [0.2, 0.25) is 5.02 Å². The number of carbonyl (C=O) groups is 3. The monoisotopic (exact) mass is 639 g/mol. The summed E-state index contributed by atoms with van der Waals surface area (Å²) in [7, 11) is 2.82. The maximum absolute atomic E-state index is 14.2. The third-order valence-corrected chi connectivity index (χ3v) is 9.37. The first kappa shape index (κ1) is 31.5. The Hall–Kier alpha value is -3.89. The van der Waals surface area contributed by atoms with Crippen molar-refractivity contribution in [3.05, 3.63) is 82.0 Å². The zero-order chi connectivity index (χ0) is 31.6. The zero-order valence-electron chi connectivity index (χ0n) is 24.9. The number of furan rings is 1. The predicted octanol–water partition coefficient (Wildman–Crippen LogP) is 6.33. The molecule has 2 N–H and O–H groups in total. The largest absolute Gasteiger partial charge is 0.507 e. The lowest BCUT2D eigenvalue weighted by Gasteiger charge is -2.38. The first-order valence-electron chi connectivity index (χ1n) is 14.2. The number of hydrogen-bond donors (Lipinski definition) is 2. The van der Waals surface area contributed by atoms with Gasteiger partial charge < -0.3 is 29.1 Å². The van der Waals surface area contributed by atoms with Gasteiger partial charge >= 0.3 is 0 Å². The second-order valence-electron chi connectivity index (χ2n) is 10.8. The molecule has 1 aromatic heterocycles. The van der Waals surface area contributed by atoms with Crippen molar-refractivity contribution in [3.63, 3.8) is 0 Å². The van der Waals surface area contributed by atoms with Crippen LogP contribution >= 0.6 is 23.4 Å². The average molecular weight is 640 g/mol. The van der Waals surface area contributed by atoms with E-state index in [1.54, 1.807) is 24.9 Å². The van der Waals surface area contributed by atoms with E-state index in [1.165, 1.54) is 20.3 Å². The van der Waals surface area contributed by atoms with Gasteiger partial charge in [-0.1, -0.05) is 30.7 Å². The minimum Gasteiger partial charge on any atom is -0.507 e. The number of fused-ring (bicyclic) bond motifs is 1. The van der Waals surface area contributed by atoms with E-state index < -0.39 is 29.0 Å². The highest BCUT2D eigenvalue weighted by Gasteiger charge is 2.61. The molecule has 3 aromatic rings. The molecule has 1 spiro atoms. The Morgan fingerprint density at radius 1 is 1.18 bits per heavy atom. The van der Waals surface area contributed by atoms with Gasteiger partial charge in [0.05, 0.1) is 20.5 Å². The van der Waals surface area contributed by atoms with Crippen LogP contribution in [0.3, 0.4) is 0 Å². The molecule has 2 aliphatic rings. The number of carbonyl (C=O) groups excluding carboxylic acids is 3. The maximum Gasteiger partial charge on any atom is 0.231 e. The van der Waals surface area contributed by atoms with Gasteiger partial charge in [0.2, 0.25) is 17.3 Å². The number of amides is 1. The lowest BCUT2D eigenvalue weighted by atomic mass is 9.69. The molecule has 5 rings (SSSR count). The number of benzene rings is 2. The first-order valence-corrected chi connectivity index (χ1v) is 15.8. The van der Waals surface area contributed by atoms with Crippen LogP contribution in [0.15, 0.2) is 69.4 Å². The molecular formula is C33H34ClNO8S. The van der Waals surface area contributed by atoms with Crippen LogP contribution < -0.4 is 19.5 Å². The first-order chi connectivity index (χ1) is 21.2. The standard InChI is InChI=1S/C33H34ClNO8S/c1-18-15-23(36)27(31(38)33(18)32(39)28-24(40-2)17-25(41-3)29(34)30(28)43-33)22(19-9-11-21(44-4)12-10-19)16-26(37)35-13-5-7-20-8-6-14-42-20/h6,8-12,14,17-18,22,38H,5,7,13,15-16H2,1-4H3,(H,35,37). The van der Waals surface area contributed by atoms with E-state index in [0.717, 1.165) is 10.7 Å². The van der Waals surface area contributed by atoms with E-state index in [9.17, 15) is 19.5 Å². The molecule has 11 heteroatoms. The Kier molecular flexibility index (Phi) is 9.31. The zero-order valence-corrected chi connectivity index (χ0v) is 26.5. The van der Waals surface area contributed by atoms with E-state index in [1.807, 2.05) is 42.7 Å². The number of aliphatic hydroxyl groups is 1. The molecule has 44 heavy (non-hydrogen) atoms. The second-order valence-corrected chi connectivity index (χ2v) is 12.1. The third-order valence-electron chi connectivity index (χ3n) is 8.27. The van der Waals surface area contributed by atoms with Crippen LogP contribution in [0.5, 0.6) is 17.2 Å². The van der Waals surface area contributed by atoms with Gasteiger partial charge in [0, 0.05) is 54.2 Å². The number of hydrogen-bond acceptors (Lipinski definition) is 9. The molecule has 2 aromatic carbocycles. The van der Waals surface area contributed by atoms with Crippen molar-refractivity contribution in [1.82, 2.24) is 5.32 Å². The number of allylic oxidation sites excluding steroid dienone is 1. The molecule has 0 saturated carbocycles. The van der Waals surface area contributed by atoms with Crippen LogP contribution in [-0.2, 0) is 16.0 Å². The van der Waals surface area contributed by atoms with Gasteiger partial charge in [-0.05, 0) is 42.5 Å². The van der Waals surface area contributed by atoms with Crippen molar-refractivity contribution in [2.75, 3.05) is 27.0 Å². The van der Waals surface area contributed by atoms with Gasteiger partial charge in [-0.3, -0.25) is 14.4 Å². The number of ketones is 2. The molecular weight excluding hydrogens is 606 g/mol. The predicted molar refractivity (Wildman–Crippen MR) is 166 cm³/mol. The summed E-state index contributed by atoms with van der Waals surface area (Å²) >= 11 is 8.13. The SMILES string of the molecule is COc1cc(OC)c2c(c1Cl)OC1(C2=O)C(O)=C(C(CC(=O)NCCCc2ccco2)c2ccc(SC)cc2)C(=O)CC1C. The Morgan fingerprint density at radius 3 is 2.55 bits per heavy atom. The van der Waals surface area contributed by atoms with Gasteiger partial charge in [-0.2, -0.15) is 0 Å². The molecule has 0 fully saturated rings. The number of rotatable bonds is 11. The number of methoxy groups -OCH3 is 2. The molecule has 9 nitrogen and oxygen atoms in total. The maximum atomic E-state index is 14.2. The lowest BCUT2D eigenvalue weighted by molar-refractivity contribution is -0.121. The summed E-state index contributed by atoms with van der Waals surface area (Å²) in [4.78, 5) is 42.2. The summed E-state index contributed by atoms with van der Waals surface area (Å²) < 4.78 is 22.5. The lowest BCUT2D eigenvalue weighted by Crippen LogP contribution is -2.53. The van der Waals surface area contributed by atoms with Crippen molar-refractivity contribution >= 4 is 40.8 Å². The van der Waals surface area contributed by atoms with E-state index in [-0.39, 0.29) is 57.9 Å². The third kappa shape index (κ3) is 5.57. The van der Waals surface area contributed by atoms with Crippen molar-refractivity contribution in [3.8, 4) is 17.2 Å². The summed E-state index contributed by atoms with van der Waals surface area (Å²) in [5, 5.41) is 15.0. The van der Waals surface area contributed by atoms with Crippen LogP contribution in [0.4, 0.5) is 0 Å². The molecule has 3 unspecified atom stereocenters. The summed E-state index contributed by atoms with van der Waals surface area (Å²) in [6, 6.07) is 12.6. The number of Topliss-reactive ketones (excluding diaryl/α,β-unsaturated/α-hetero) is 2. The van der Waals surface area contributed by atoms with Gasteiger partial charge in [0.15, 0.2) is 17.3 Å². The number of ether oxygens (including phenoxy) is 3. The number of nitrogens with one attached hydrogen (secondary N) is 1. The van der Waals surface area contributed by atoms with Gasteiger partial charge in [0.1, 0.15) is 27.8 Å². The van der Waals surface area contributed by atoms with Crippen molar-refractivity contribution in [2.24, 2.45) is 5.92 Å². The van der Waals surface area contributed by atoms with Gasteiger partial charge in [0.25, 0.3) is 0 Å². The Morgan fingerprint density at radius 2 is 1.91 bits per heavy atom. The molecule has 232 valence electrons. The number of aliphatic hydroxyl groups excluding tert-OH is 1. The van der Waals surface area contributed by atoms with E-state index in [2.05, 4.69) is 5.32 Å². The minimum atomic E-state index is -1.94. The molecule has 1 aliphatic heterocycles. The van der Waals surface area contributed by atoms with Crippen LogP contribution in [0.25, 0.3) is 0 Å². The molecule has 2 heterocycles. The summed E-state index contributed by atoms with van der Waals surface area (Å²) in [6.45, 7) is 2.06. The highest BCUT2D eigenvalue weighted by molar-refractivity contribution is 7.98. The molecule has 3 atom stereocenters. The molecule has 0 radical (unpaired) electrons. The topological polar surface area (TPSA) is 124 Å². The molecule has 1 amide bonds. The summed E-state index contributed by atoms with van der Waals surface area (Å²) in [5.74, 6) is -2.15. The van der Waals surface area contributed by atoms with Gasteiger partial charge in [-0.15, -0.1) is 11.8 Å². The second kappa shape index (κ2) is 13.0. The Balaban J connectivity index is 1.53. The molecule has 0 bridgehead atoms. The van der Waals surface area contributed by atoms with Crippen molar-refractivity contribution in [1.29, 1.82) is 0 Å². The average Bonchev–Trinajstić information content (AvgIpc) is 3.65. The minimum absolute atomic E-state index is 0.00939. The smallest absolute Gasteiger partial charge is 0.231 e. The van der Waals surface area contributed by atoms with Crippen LogP contribution in [0, 0.1) is 5.92 Å². The number of thioether (sulfide) groups is 1. The Labute approximate surface area is 264 Å². The van der Waals surface area contributed by atoms with Crippen LogP contribution in [-0.4, -0.2) is 55.2 Å². The fourth-order valence-electron chi connectivity index (χ4n) is 5.96. The number of halogens is 1. The quantitative estimate of drug-likeness (QED) is 0.183. The molecule has 0 saturated heterocycles.